The van der Waals surface area contributed by atoms with Crippen LogP contribution in [0.4, 0.5) is 0 Å². The van der Waals surface area contributed by atoms with Crippen molar-refractivity contribution in [3.05, 3.63) is 33.8 Å². The van der Waals surface area contributed by atoms with Gasteiger partial charge in [0.05, 0.1) is 6.10 Å². The van der Waals surface area contributed by atoms with Gasteiger partial charge < -0.3 is 10.0 Å². The number of aliphatic hydroxyl groups is 1. The Hall–Kier alpha value is -0.320. The minimum Gasteiger partial charge on any atom is -0.387 e. The Kier molecular flexibility index (Phi) is 5.48. The third-order valence-corrected chi connectivity index (χ3v) is 4.24. The number of β-amino-alcohol motifs (C(OH)–C–C–N with tert-alkyl or cyclic N) is 1. The average molecular weight is 303 g/mol. The summed E-state index contributed by atoms with van der Waals surface area (Å²) in [6.07, 6.45) is -0.584. The van der Waals surface area contributed by atoms with E-state index in [0.29, 0.717) is 22.2 Å². The van der Waals surface area contributed by atoms with Crippen LogP contribution in [0.15, 0.2) is 18.2 Å². The molecule has 1 aromatic rings. The normalized spacial score (nSPS) is 19.6. The third kappa shape index (κ3) is 4.07. The highest BCUT2D eigenvalue weighted by Crippen LogP contribution is 2.27. The van der Waals surface area contributed by atoms with E-state index in [4.69, 9.17) is 23.2 Å². The zero-order chi connectivity index (χ0) is 13.8. The number of nitrogens with zero attached hydrogens (tertiary/aromatic N) is 2. The highest BCUT2D eigenvalue weighted by atomic mass is 35.5. The van der Waals surface area contributed by atoms with Crippen molar-refractivity contribution < 1.29 is 5.11 Å². The lowest BCUT2D eigenvalue weighted by atomic mass is 10.1. The molecule has 2 rings (SSSR count). The molecular formula is C14H20Cl2N2O. The van der Waals surface area contributed by atoms with Gasteiger partial charge in [0.25, 0.3) is 0 Å². The summed E-state index contributed by atoms with van der Waals surface area (Å²) in [6, 6.07) is 5.22. The van der Waals surface area contributed by atoms with Crippen molar-refractivity contribution in [3.8, 4) is 0 Å². The molecule has 5 heteroatoms. The molecule has 0 aromatic heterocycles. The molecule has 0 amide bonds. The van der Waals surface area contributed by atoms with Crippen LogP contribution in [0.3, 0.4) is 0 Å². The third-order valence-electron chi connectivity index (χ3n) is 3.66. The van der Waals surface area contributed by atoms with E-state index in [9.17, 15) is 5.11 Å². The molecule has 0 radical (unpaired) electrons. The molecule has 1 atom stereocenters. The van der Waals surface area contributed by atoms with Crippen LogP contribution in [0, 0.1) is 0 Å². The maximum Gasteiger partial charge on any atom is 0.0931 e. The van der Waals surface area contributed by atoms with Crippen LogP contribution in [0.25, 0.3) is 0 Å². The van der Waals surface area contributed by atoms with Crippen molar-refractivity contribution in [1.82, 2.24) is 9.80 Å². The first-order valence-corrected chi connectivity index (χ1v) is 7.43. The molecule has 1 N–H and O–H groups in total. The molecular weight excluding hydrogens is 283 g/mol. The number of aliphatic hydroxyl groups excluding tert-OH is 1. The maximum absolute atomic E-state index is 10.3. The van der Waals surface area contributed by atoms with Gasteiger partial charge in [-0.3, -0.25) is 4.90 Å². The Morgan fingerprint density at radius 1 is 1.16 bits per heavy atom. The number of piperazine rings is 1. The lowest BCUT2D eigenvalue weighted by molar-refractivity contribution is 0.0744. The Labute approximate surface area is 124 Å². The van der Waals surface area contributed by atoms with E-state index < -0.39 is 6.10 Å². The maximum atomic E-state index is 10.3. The molecule has 1 aliphatic heterocycles. The van der Waals surface area contributed by atoms with Crippen LogP contribution in [-0.2, 0) is 0 Å². The Balaban J connectivity index is 1.94. The van der Waals surface area contributed by atoms with Gasteiger partial charge in [0.1, 0.15) is 0 Å². The van der Waals surface area contributed by atoms with Gasteiger partial charge in [-0.05, 0) is 24.7 Å². The molecule has 0 unspecified atom stereocenters. The first-order valence-electron chi connectivity index (χ1n) is 6.68. The van der Waals surface area contributed by atoms with Gasteiger partial charge in [-0.15, -0.1) is 0 Å². The molecule has 1 aliphatic rings. The summed E-state index contributed by atoms with van der Waals surface area (Å²) in [7, 11) is 0. The van der Waals surface area contributed by atoms with Gasteiger partial charge in [0, 0.05) is 48.3 Å². The van der Waals surface area contributed by atoms with Crippen LogP contribution >= 0.6 is 23.2 Å². The molecule has 1 heterocycles. The second kappa shape index (κ2) is 6.91. The van der Waals surface area contributed by atoms with Gasteiger partial charge in [-0.25, -0.2) is 0 Å². The molecule has 1 saturated heterocycles. The fraction of sp³-hybridized carbons (Fsp3) is 0.571. The summed E-state index contributed by atoms with van der Waals surface area (Å²) in [5.41, 5.74) is 0.715. The predicted octanol–water partition coefficient (Wildman–Crippen LogP) is 2.66. The van der Waals surface area contributed by atoms with E-state index in [1.807, 2.05) is 0 Å². The van der Waals surface area contributed by atoms with Crippen LogP contribution < -0.4 is 0 Å². The molecule has 0 bridgehead atoms. The van der Waals surface area contributed by atoms with Gasteiger partial charge in [0.15, 0.2) is 0 Å². The van der Waals surface area contributed by atoms with E-state index in [-0.39, 0.29) is 0 Å². The Bertz CT molecular complexity index is 420. The van der Waals surface area contributed by atoms with Crippen LogP contribution in [0.5, 0.6) is 0 Å². The van der Waals surface area contributed by atoms with Gasteiger partial charge >= 0.3 is 0 Å². The van der Waals surface area contributed by atoms with Crippen LogP contribution in [0.1, 0.15) is 18.6 Å². The minimum absolute atomic E-state index is 0.573. The van der Waals surface area contributed by atoms with Crippen molar-refractivity contribution in [1.29, 1.82) is 0 Å². The summed E-state index contributed by atoms with van der Waals surface area (Å²) in [6.45, 7) is 7.98. The summed E-state index contributed by atoms with van der Waals surface area (Å²) in [5.74, 6) is 0. The quantitative estimate of drug-likeness (QED) is 0.926. The van der Waals surface area contributed by atoms with Crippen molar-refractivity contribution in [2.24, 2.45) is 0 Å². The van der Waals surface area contributed by atoms with E-state index >= 15 is 0 Å². The van der Waals surface area contributed by atoms with Crippen LogP contribution in [-0.4, -0.2) is 54.2 Å². The predicted molar refractivity (Wildman–Crippen MR) is 80.0 cm³/mol. The second-order valence-corrected chi connectivity index (χ2v) is 5.76. The average Bonchev–Trinajstić information content (AvgIpc) is 2.42. The van der Waals surface area contributed by atoms with Crippen LogP contribution in [0.2, 0.25) is 10.0 Å². The molecule has 3 nitrogen and oxygen atoms in total. The fourth-order valence-electron chi connectivity index (χ4n) is 2.40. The molecule has 1 fully saturated rings. The Morgan fingerprint density at radius 3 is 2.42 bits per heavy atom. The number of likely N-dealkylation sites (N-methyl/N-ethyl adjacent to an activating group) is 1. The summed E-state index contributed by atoms with van der Waals surface area (Å²) in [4.78, 5) is 4.68. The molecule has 0 aliphatic carbocycles. The monoisotopic (exact) mass is 302 g/mol. The van der Waals surface area contributed by atoms with Gasteiger partial charge in [0.2, 0.25) is 0 Å². The van der Waals surface area contributed by atoms with E-state index in [0.717, 1.165) is 32.7 Å². The van der Waals surface area contributed by atoms with Crippen molar-refractivity contribution >= 4 is 23.2 Å². The Morgan fingerprint density at radius 2 is 1.79 bits per heavy atom. The molecule has 19 heavy (non-hydrogen) atoms. The topological polar surface area (TPSA) is 26.7 Å². The van der Waals surface area contributed by atoms with E-state index in [1.165, 1.54) is 0 Å². The van der Waals surface area contributed by atoms with Crippen molar-refractivity contribution in [3.63, 3.8) is 0 Å². The standard InChI is InChI=1S/C14H20Cl2N2O/c1-2-17-5-7-18(8-6-17)10-14(19)12-9-11(15)3-4-13(12)16/h3-4,9,14,19H,2,5-8,10H2,1H3/t14-/m0/s1. The minimum atomic E-state index is -0.584. The number of hydrogen-bond acceptors (Lipinski definition) is 3. The number of rotatable bonds is 4. The molecule has 106 valence electrons. The highest BCUT2D eigenvalue weighted by molar-refractivity contribution is 6.33. The molecule has 0 saturated carbocycles. The lowest BCUT2D eigenvalue weighted by Gasteiger charge is -2.35. The van der Waals surface area contributed by atoms with Gasteiger partial charge in [-0.1, -0.05) is 30.1 Å². The van der Waals surface area contributed by atoms with E-state index in [2.05, 4.69) is 16.7 Å². The fourth-order valence-corrected chi connectivity index (χ4v) is 2.83. The summed E-state index contributed by atoms with van der Waals surface area (Å²) in [5, 5.41) is 11.5. The summed E-state index contributed by atoms with van der Waals surface area (Å²) >= 11 is 12.1. The highest BCUT2D eigenvalue weighted by Gasteiger charge is 2.20. The van der Waals surface area contributed by atoms with E-state index in [1.54, 1.807) is 18.2 Å². The summed E-state index contributed by atoms with van der Waals surface area (Å²) < 4.78 is 0. The molecule has 1 aromatic carbocycles. The molecule has 0 spiro atoms. The number of halogens is 2. The smallest absolute Gasteiger partial charge is 0.0931 e. The number of hydrogen-bond donors (Lipinski definition) is 1. The largest absolute Gasteiger partial charge is 0.387 e. The SMILES string of the molecule is CCN1CCN(C[C@H](O)c2cc(Cl)ccc2Cl)CC1. The lowest BCUT2D eigenvalue weighted by Crippen LogP contribution is -2.47. The first-order chi connectivity index (χ1) is 9.10. The van der Waals surface area contributed by atoms with Crippen molar-refractivity contribution in [2.45, 2.75) is 13.0 Å². The zero-order valence-corrected chi connectivity index (χ0v) is 12.7. The van der Waals surface area contributed by atoms with Crippen molar-refractivity contribution in [2.75, 3.05) is 39.3 Å². The second-order valence-electron chi connectivity index (χ2n) is 4.92. The van der Waals surface area contributed by atoms with Gasteiger partial charge in [-0.2, -0.15) is 0 Å². The first kappa shape index (κ1) is 15.1. The zero-order valence-electron chi connectivity index (χ0n) is 11.1. The number of benzene rings is 1.